The van der Waals surface area contributed by atoms with Gasteiger partial charge >= 0.3 is 0 Å². The molecular formula is C14H17BrFN. The number of hydrogen-bond donors (Lipinski definition) is 1. The Balaban J connectivity index is 1.78. The maximum Gasteiger partial charge on any atom is 0.118 e. The fourth-order valence-corrected chi connectivity index (χ4v) is 3.74. The number of piperidine rings is 1. The van der Waals surface area contributed by atoms with Gasteiger partial charge in [0.2, 0.25) is 0 Å². The molecule has 2 bridgehead atoms. The first-order valence-electron chi connectivity index (χ1n) is 6.33. The summed E-state index contributed by atoms with van der Waals surface area (Å²) in [6, 6.07) is 8.79. The van der Waals surface area contributed by atoms with Crippen LogP contribution in [0.2, 0.25) is 0 Å². The van der Waals surface area contributed by atoms with Crippen molar-refractivity contribution >= 4 is 15.9 Å². The van der Waals surface area contributed by atoms with Crippen LogP contribution in [0.25, 0.3) is 0 Å². The zero-order valence-electron chi connectivity index (χ0n) is 9.76. The molecule has 0 aromatic heterocycles. The molecule has 0 spiro atoms. The van der Waals surface area contributed by atoms with Crippen molar-refractivity contribution in [2.24, 2.45) is 0 Å². The number of alkyl halides is 1. The van der Waals surface area contributed by atoms with E-state index in [2.05, 4.69) is 21.2 Å². The molecule has 2 heterocycles. The first kappa shape index (κ1) is 11.7. The molecule has 2 atom stereocenters. The molecule has 2 aliphatic rings. The van der Waals surface area contributed by atoms with Crippen molar-refractivity contribution in [3.05, 3.63) is 34.3 Å². The number of benzene rings is 1. The topological polar surface area (TPSA) is 12.0 Å². The van der Waals surface area contributed by atoms with E-state index in [9.17, 15) is 4.39 Å². The lowest BCUT2D eigenvalue weighted by Gasteiger charge is -2.35. The van der Waals surface area contributed by atoms with Crippen LogP contribution in [0.4, 0.5) is 4.39 Å². The molecule has 2 saturated heterocycles. The molecule has 2 fully saturated rings. The first-order chi connectivity index (χ1) is 8.15. The molecule has 2 unspecified atom stereocenters. The van der Waals surface area contributed by atoms with Crippen LogP contribution in [0, 0.1) is 0 Å². The summed E-state index contributed by atoms with van der Waals surface area (Å²) in [4.78, 5) is 0. The van der Waals surface area contributed by atoms with Gasteiger partial charge in [0.25, 0.3) is 0 Å². The van der Waals surface area contributed by atoms with E-state index in [1.54, 1.807) is 0 Å². The third-order valence-corrected chi connectivity index (χ3v) is 4.80. The number of halogens is 2. The summed E-state index contributed by atoms with van der Waals surface area (Å²) in [6.45, 7) is 0. The molecule has 3 heteroatoms. The highest BCUT2D eigenvalue weighted by Gasteiger charge is 2.44. The van der Waals surface area contributed by atoms with Gasteiger partial charge in [-0.2, -0.15) is 0 Å². The van der Waals surface area contributed by atoms with E-state index < -0.39 is 5.67 Å². The van der Waals surface area contributed by atoms with Gasteiger partial charge in [0.05, 0.1) is 0 Å². The molecule has 0 saturated carbocycles. The minimum atomic E-state index is -1.01. The summed E-state index contributed by atoms with van der Waals surface area (Å²) in [6.07, 6.45) is 4.18. The Bertz CT molecular complexity index is 408. The van der Waals surface area contributed by atoms with Crippen LogP contribution in [0.5, 0.6) is 0 Å². The number of nitrogens with one attached hydrogen (secondary N) is 1. The monoisotopic (exact) mass is 297 g/mol. The van der Waals surface area contributed by atoms with Gasteiger partial charge in [0.15, 0.2) is 0 Å². The van der Waals surface area contributed by atoms with E-state index in [-0.39, 0.29) is 0 Å². The second-order valence-electron chi connectivity index (χ2n) is 5.47. The predicted molar refractivity (Wildman–Crippen MR) is 70.9 cm³/mol. The van der Waals surface area contributed by atoms with E-state index in [1.165, 1.54) is 0 Å². The highest BCUT2D eigenvalue weighted by Crippen LogP contribution is 2.39. The Hall–Kier alpha value is -0.410. The summed E-state index contributed by atoms with van der Waals surface area (Å²) >= 11 is 3.51. The first-order valence-corrected chi connectivity index (χ1v) is 7.12. The largest absolute Gasteiger partial charge is 0.311 e. The highest BCUT2D eigenvalue weighted by molar-refractivity contribution is 9.10. The molecule has 1 nitrogen and oxygen atoms in total. The second-order valence-corrected chi connectivity index (χ2v) is 6.32. The maximum absolute atomic E-state index is 14.9. The van der Waals surface area contributed by atoms with Crippen molar-refractivity contribution in [3.8, 4) is 0 Å². The fraction of sp³-hybridized carbons (Fsp3) is 0.571. The molecule has 0 radical (unpaired) electrons. The van der Waals surface area contributed by atoms with Crippen molar-refractivity contribution in [2.75, 3.05) is 0 Å². The summed E-state index contributed by atoms with van der Waals surface area (Å²) in [5.74, 6) is 0. The quantitative estimate of drug-likeness (QED) is 0.879. The summed E-state index contributed by atoms with van der Waals surface area (Å²) in [7, 11) is 0. The van der Waals surface area contributed by atoms with Crippen LogP contribution in [-0.4, -0.2) is 17.8 Å². The van der Waals surface area contributed by atoms with Crippen LogP contribution in [0.3, 0.4) is 0 Å². The fourth-order valence-electron chi connectivity index (χ4n) is 3.32. The van der Waals surface area contributed by atoms with Crippen molar-refractivity contribution in [1.29, 1.82) is 0 Å². The Kier molecular flexibility index (Phi) is 2.99. The van der Waals surface area contributed by atoms with Gasteiger partial charge in [-0.05, 0) is 37.3 Å². The Morgan fingerprint density at radius 2 is 1.88 bits per heavy atom. The molecule has 2 aliphatic heterocycles. The molecule has 0 aliphatic carbocycles. The maximum atomic E-state index is 14.9. The van der Waals surface area contributed by atoms with Gasteiger partial charge in [-0.3, -0.25) is 0 Å². The lowest BCUT2D eigenvalue weighted by atomic mass is 9.84. The zero-order chi connectivity index (χ0) is 11.9. The van der Waals surface area contributed by atoms with E-state index in [0.29, 0.717) is 31.3 Å². The van der Waals surface area contributed by atoms with Gasteiger partial charge in [-0.15, -0.1) is 0 Å². The SMILES string of the molecule is FC1(Cc2ccccc2Br)CC2CCC(C1)N2. The van der Waals surface area contributed by atoms with Crippen molar-refractivity contribution in [3.63, 3.8) is 0 Å². The van der Waals surface area contributed by atoms with Crippen LogP contribution < -0.4 is 5.32 Å². The number of hydrogen-bond acceptors (Lipinski definition) is 1. The lowest BCUT2D eigenvalue weighted by Crippen LogP contribution is -2.47. The van der Waals surface area contributed by atoms with Crippen molar-refractivity contribution in [1.82, 2.24) is 5.32 Å². The smallest absolute Gasteiger partial charge is 0.118 e. The summed E-state index contributed by atoms with van der Waals surface area (Å²) in [5, 5.41) is 3.49. The highest BCUT2D eigenvalue weighted by atomic mass is 79.9. The van der Waals surface area contributed by atoms with Crippen LogP contribution >= 0.6 is 15.9 Å². The van der Waals surface area contributed by atoms with E-state index in [4.69, 9.17) is 0 Å². The van der Waals surface area contributed by atoms with E-state index in [1.807, 2.05) is 24.3 Å². The molecule has 1 N–H and O–H groups in total. The zero-order valence-corrected chi connectivity index (χ0v) is 11.3. The third-order valence-electron chi connectivity index (χ3n) is 4.02. The minimum absolute atomic E-state index is 0.404. The molecule has 17 heavy (non-hydrogen) atoms. The Labute approximate surface area is 110 Å². The normalized spacial score (nSPS) is 36.1. The third kappa shape index (κ3) is 2.41. The summed E-state index contributed by atoms with van der Waals surface area (Å²) in [5.41, 5.74) is 0.0809. The molecule has 92 valence electrons. The van der Waals surface area contributed by atoms with E-state index in [0.717, 1.165) is 22.9 Å². The molecule has 0 amide bonds. The van der Waals surface area contributed by atoms with Gasteiger partial charge < -0.3 is 5.32 Å². The number of rotatable bonds is 2. The number of fused-ring (bicyclic) bond motifs is 2. The Morgan fingerprint density at radius 3 is 2.53 bits per heavy atom. The average Bonchev–Trinajstić information content (AvgIpc) is 2.62. The van der Waals surface area contributed by atoms with Gasteiger partial charge in [0, 0.05) is 23.0 Å². The standard InChI is InChI=1S/C14H17BrFN/c15-13-4-2-1-3-10(13)7-14(16)8-11-5-6-12(9-14)17-11/h1-4,11-12,17H,5-9H2. The van der Waals surface area contributed by atoms with Crippen LogP contribution in [0.15, 0.2) is 28.7 Å². The molecule has 1 aromatic carbocycles. The van der Waals surface area contributed by atoms with Gasteiger partial charge in [0.1, 0.15) is 5.67 Å². The minimum Gasteiger partial charge on any atom is -0.311 e. The Morgan fingerprint density at radius 1 is 1.24 bits per heavy atom. The lowest BCUT2D eigenvalue weighted by molar-refractivity contribution is 0.0892. The van der Waals surface area contributed by atoms with Crippen LogP contribution in [-0.2, 0) is 6.42 Å². The van der Waals surface area contributed by atoms with Crippen molar-refractivity contribution < 1.29 is 4.39 Å². The summed E-state index contributed by atoms with van der Waals surface area (Å²) < 4.78 is 15.9. The van der Waals surface area contributed by atoms with Gasteiger partial charge in [-0.1, -0.05) is 34.1 Å². The predicted octanol–water partition coefficient (Wildman–Crippen LogP) is 3.61. The van der Waals surface area contributed by atoms with Crippen molar-refractivity contribution in [2.45, 2.75) is 49.9 Å². The van der Waals surface area contributed by atoms with Gasteiger partial charge in [-0.25, -0.2) is 4.39 Å². The van der Waals surface area contributed by atoms with Crippen LogP contribution in [0.1, 0.15) is 31.2 Å². The molecule has 1 aromatic rings. The molecule has 3 rings (SSSR count). The molecular weight excluding hydrogens is 281 g/mol. The van der Waals surface area contributed by atoms with E-state index >= 15 is 0 Å². The average molecular weight is 298 g/mol. The second kappa shape index (κ2) is 4.36.